The lowest BCUT2D eigenvalue weighted by atomic mass is 10.1. The van der Waals surface area contributed by atoms with E-state index in [1.54, 1.807) is 0 Å². The van der Waals surface area contributed by atoms with Crippen LogP contribution >= 0.6 is 0 Å². The summed E-state index contributed by atoms with van der Waals surface area (Å²) in [6.45, 7) is 2.08. The summed E-state index contributed by atoms with van der Waals surface area (Å²) < 4.78 is 33.5. The van der Waals surface area contributed by atoms with E-state index in [0.29, 0.717) is 13.2 Å². The third kappa shape index (κ3) is 3.62. The van der Waals surface area contributed by atoms with Crippen LogP contribution in [0.3, 0.4) is 0 Å². The lowest BCUT2D eigenvalue weighted by Gasteiger charge is -2.13. The highest BCUT2D eigenvalue weighted by molar-refractivity contribution is 4.63. The van der Waals surface area contributed by atoms with Gasteiger partial charge in [-0.2, -0.15) is 8.78 Å². The van der Waals surface area contributed by atoms with Crippen molar-refractivity contribution in [2.45, 2.75) is 19.5 Å². The summed E-state index contributed by atoms with van der Waals surface area (Å²) >= 11 is 0. The first-order valence-electron chi connectivity index (χ1n) is 3.67. The predicted octanol–water partition coefficient (Wildman–Crippen LogP) is 1.65. The Morgan fingerprint density at radius 2 is 2.36 bits per heavy atom. The van der Waals surface area contributed by atoms with E-state index in [1.165, 1.54) is 0 Å². The van der Waals surface area contributed by atoms with E-state index >= 15 is 0 Å². The SMILES string of the molecule is CC(F)(F)OCC1CCOC1. The van der Waals surface area contributed by atoms with Crippen molar-refractivity contribution in [2.24, 2.45) is 5.92 Å². The van der Waals surface area contributed by atoms with Crippen LogP contribution in [0.4, 0.5) is 8.78 Å². The number of rotatable bonds is 3. The molecule has 4 heteroatoms. The minimum Gasteiger partial charge on any atom is -0.381 e. The van der Waals surface area contributed by atoms with Crippen LogP contribution in [0.25, 0.3) is 0 Å². The molecule has 11 heavy (non-hydrogen) atoms. The molecule has 1 fully saturated rings. The van der Waals surface area contributed by atoms with Crippen LogP contribution in [-0.2, 0) is 9.47 Å². The van der Waals surface area contributed by atoms with Gasteiger partial charge in [0.25, 0.3) is 0 Å². The van der Waals surface area contributed by atoms with Gasteiger partial charge in [-0.05, 0) is 6.42 Å². The van der Waals surface area contributed by atoms with Gasteiger partial charge in [-0.3, -0.25) is 0 Å². The Balaban J connectivity index is 2.11. The third-order valence-corrected chi connectivity index (χ3v) is 1.60. The highest BCUT2D eigenvalue weighted by atomic mass is 19.3. The Hall–Kier alpha value is -0.220. The van der Waals surface area contributed by atoms with Gasteiger partial charge in [0.2, 0.25) is 0 Å². The van der Waals surface area contributed by atoms with Gasteiger partial charge in [0, 0.05) is 19.4 Å². The number of ether oxygens (including phenoxy) is 2. The molecular formula is C7H12F2O2. The summed E-state index contributed by atoms with van der Waals surface area (Å²) in [6.07, 6.45) is -2.17. The lowest BCUT2D eigenvalue weighted by Crippen LogP contribution is -2.20. The standard InChI is InChI=1S/C7H12F2O2/c1-7(8,9)11-5-6-2-3-10-4-6/h6H,2-5H2,1H3. The van der Waals surface area contributed by atoms with E-state index in [4.69, 9.17) is 4.74 Å². The van der Waals surface area contributed by atoms with Crippen molar-refractivity contribution < 1.29 is 18.3 Å². The molecule has 1 aliphatic rings. The van der Waals surface area contributed by atoms with Crippen LogP contribution in [0.15, 0.2) is 0 Å². The second-order valence-corrected chi connectivity index (χ2v) is 2.85. The Morgan fingerprint density at radius 1 is 1.64 bits per heavy atom. The third-order valence-electron chi connectivity index (χ3n) is 1.60. The zero-order valence-electron chi connectivity index (χ0n) is 6.48. The Morgan fingerprint density at radius 3 is 2.82 bits per heavy atom. The summed E-state index contributed by atoms with van der Waals surface area (Å²) in [4.78, 5) is 0. The van der Waals surface area contributed by atoms with Crippen molar-refractivity contribution in [2.75, 3.05) is 19.8 Å². The Kier molecular flexibility index (Phi) is 2.78. The largest absolute Gasteiger partial charge is 0.381 e. The van der Waals surface area contributed by atoms with Crippen LogP contribution in [-0.4, -0.2) is 25.9 Å². The minimum atomic E-state index is -3.00. The summed E-state index contributed by atoms with van der Waals surface area (Å²) in [5.74, 6) is 0.154. The van der Waals surface area contributed by atoms with Crippen molar-refractivity contribution in [3.63, 3.8) is 0 Å². The maximum atomic E-state index is 12.1. The Bertz CT molecular complexity index is 116. The maximum Gasteiger partial charge on any atom is 0.352 e. The average Bonchev–Trinajstić information content (AvgIpc) is 2.32. The van der Waals surface area contributed by atoms with Gasteiger partial charge in [-0.25, -0.2) is 0 Å². The van der Waals surface area contributed by atoms with E-state index in [2.05, 4.69) is 4.74 Å². The van der Waals surface area contributed by atoms with Gasteiger partial charge in [0.1, 0.15) is 0 Å². The van der Waals surface area contributed by atoms with Crippen molar-refractivity contribution in [3.05, 3.63) is 0 Å². The number of halogens is 2. The summed E-state index contributed by atoms with van der Waals surface area (Å²) in [5, 5.41) is 0. The second-order valence-electron chi connectivity index (χ2n) is 2.85. The number of alkyl halides is 2. The molecule has 1 unspecified atom stereocenters. The van der Waals surface area contributed by atoms with Crippen LogP contribution in [0.1, 0.15) is 13.3 Å². The molecule has 2 nitrogen and oxygen atoms in total. The van der Waals surface area contributed by atoms with Gasteiger partial charge in [0.05, 0.1) is 13.2 Å². The molecule has 0 amide bonds. The van der Waals surface area contributed by atoms with E-state index < -0.39 is 6.11 Å². The molecule has 1 rings (SSSR count). The molecule has 1 saturated heterocycles. The van der Waals surface area contributed by atoms with Crippen molar-refractivity contribution >= 4 is 0 Å². The van der Waals surface area contributed by atoms with E-state index in [9.17, 15) is 8.78 Å². The molecular weight excluding hydrogens is 154 g/mol. The average molecular weight is 166 g/mol. The smallest absolute Gasteiger partial charge is 0.352 e. The predicted molar refractivity (Wildman–Crippen MR) is 35.5 cm³/mol. The number of hydrogen-bond acceptors (Lipinski definition) is 2. The summed E-state index contributed by atoms with van der Waals surface area (Å²) in [7, 11) is 0. The van der Waals surface area contributed by atoms with Crippen LogP contribution in [0.2, 0.25) is 0 Å². The topological polar surface area (TPSA) is 18.5 Å². The molecule has 1 heterocycles. The molecule has 0 aromatic heterocycles. The van der Waals surface area contributed by atoms with Crippen LogP contribution in [0.5, 0.6) is 0 Å². The normalized spacial score (nSPS) is 25.9. The van der Waals surface area contributed by atoms with E-state index in [0.717, 1.165) is 13.3 Å². The molecule has 66 valence electrons. The lowest BCUT2D eigenvalue weighted by molar-refractivity contribution is -0.229. The zero-order valence-corrected chi connectivity index (χ0v) is 6.48. The molecule has 0 radical (unpaired) electrons. The van der Waals surface area contributed by atoms with Crippen LogP contribution < -0.4 is 0 Å². The first-order valence-corrected chi connectivity index (χ1v) is 3.67. The van der Waals surface area contributed by atoms with E-state index in [1.807, 2.05) is 0 Å². The van der Waals surface area contributed by atoms with E-state index in [-0.39, 0.29) is 12.5 Å². The highest BCUT2D eigenvalue weighted by Gasteiger charge is 2.25. The Labute approximate surface area is 64.5 Å². The van der Waals surface area contributed by atoms with Gasteiger partial charge < -0.3 is 9.47 Å². The molecule has 1 atom stereocenters. The molecule has 0 saturated carbocycles. The molecule has 0 bridgehead atoms. The first kappa shape index (κ1) is 8.87. The van der Waals surface area contributed by atoms with Gasteiger partial charge in [-0.15, -0.1) is 0 Å². The first-order chi connectivity index (χ1) is 5.08. The monoisotopic (exact) mass is 166 g/mol. The maximum absolute atomic E-state index is 12.1. The summed E-state index contributed by atoms with van der Waals surface area (Å²) in [6, 6.07) is 0. The molecule has 1 aliphatic heterocycles. The van der Waals surface area contributed by atoms with Crippen LogP contribution in [0, 0.1) is 5.92 Å². The minimum absolute atomic E-state index is 0.101. The highest BCUT2D eigenvalue weighted by Crippen LogP contribution is 2.18. The van der Waals surface area contributed by atoms with Crippen molar-refractivity contribution in [1.29, 1.82) is 0 Å². The fourth-order valence-electron chi connectivity index (χ4n) is 0.979. The second kappa shape index (κ2) is 3.45. The molecule has 0 N–H and O–H groups in total. The quantitative estimate of drug-likeness (QED) is 0.634. The van der Waals surface area contributed by atoms with Crippen molar-refractivity contribution in [3.8, 4) is 0 Å². The zero-order chi connectivity index (χ0) is 8.32. The molecule has 0 aromatic rings. The van der Waals surface area contributed by atoms with Gasteiger partial charge in [-0.1, -0.05) is 0 Å². The number of hydrogen-bond donors (Lipinski definition) is 0. The van der Waals surface area contributed by atoms with Crippen molar-refractivity contribution in [1.82, 2.24) is 0 Å². The fourth-order valence-corrected chi connectivity index (χ4v) is 0.979. The summed E-state index contributed by atoms with van der Waals surface area (Å²) in [5.41, 5.74) is 0. The molecule has 0 aliphatic carbocycles. The van der Waals surface area contributed by atoms with Gasteiger partial charge in [0.15, 0.2) is 0 Å². The molecule has 0 aromatic carbocycles. The fraction of sp³-hybridized carbons (Fsp3) is 1.00. The van der Waals surface area contributed by atoms with Gasteiger partial charge >= 0.3 is 6.11 Å². The molecule has 0 spiro atoms.